The Morgan fingerprint density at radius 1 is 1.39 bits per heavy atom. The van der Waals surface area contributed by atoms with Crippen LogP contribution < -0.4 is 5.32 Å². The lowest BCUT2D eigenvalue weighted by Gasteiger charge is -2.10. The van der Waals surface area contributed by atoms with Crippen LogP contribution in [-0.4, -0.2) is 31.3 Å². The monoisotopic (exact) mass is 263 g/mol. The van der Waals surface area contributed by atoms with E-state index < -0.39 is 23.4 Å². The van der Waals surface area contributed by atoms with Crippen molar-refractivity contribution in [3.05, 3.63) is 29.3 Å². The highest BCUT2D eigenvalue weighted by Gasteiger charge is 2.31. The number of phenols is 1. The molecule has 0 unspecified atom stereocenters. The van der Waals surface area contributed by atoms with Crippen LogP contribution >= 0.6 is 0 Å². The second kappa shape index (κ2) is 5.72. The topological polar surface area (TPSA) is 58.6 Å². The lowest BCUT2D eigenvalue weighted by atomic mass is 10.1. The number of carbonyl (C=O) groups excluding carboxylic acids is 1. The molecule has 1 amide bonds. The maximum absolute atomic E-state index is 12.5. The van der Waals surface area contributed by atoms with Crippen molar-refractivity contribution in [1.82, 2.24) is 5.32 Å². The lowest BCUT2D eigenvalue weighted by Crippen LogP contribution is -2.27. The van der Waals surface area contributed by atoms with Crippen LogP contribution in [0, 0.1) is 0 Å². The molecule has 0 radical (unpaired) electrons. The van der Waals surface area contributed by atoms with Crippen molar-refractivity contribution in [1.29, 1.82) is 0 Å². The van der Waals surface area contributed by atoms with Crippen molar-refractivity contribution in [3.63, 3.8) is 0 Å². The maximum Gasteiger partial charge on any atom is 0.416 e. The van der Waals surface area contributed by atoms with Gasteiger partial charge in [-0.15, -0.1) is 0 Å². The minimum atomic E-state index is -4.61. The van der Waals surface area contributed by atoms with E-state index in [1.807, 2.05) is 0 Å². The highest BCUT2D eigenvalue weighted by Crippen LogP contribution is 2.32. The van der Waals surface area contributed by atoms with Gasteiger partial charge in [0.15, 0.2) is 0 Å². The summed E-state index contributed by atoms with van der Waals surface area (Å²) in [5.74, 6) is -1.31. The number of halogens is 3. The third-order valence-electron chi connectivity index (χ3n) is 2.10. The van der Waals surface area contributed by atoms with Crippen LogP contribution in [0.5, 0.6) is 5.75 Å². The minimum Gasteiger partial charge on any atom is -0.508 e. The molecule has 0 atom stereocenters. The van der Waals surface area contributed by atoms with Crippen molar-refractivity contribution in [2.24, 2.45) is 0 Å². The summed E-state index contributed by atoms with van der Waals surface area (Å²) in [6, 6.07) is 2.21. The largest absolute Gasteiger partial charge is 0.508 e. The fraction of sp³-hybridized carbons (Fsp3) is 0.364. The Morgan fingerprint density at radius 2 is 2.06 bits per heavy atom. The van der Waals surface area contributed by atoms with E-state index in [0.29, 0.717) is 12.1 Å². The molecular formula is C11H12F3NO3. The SMILES string of the molecule is COCCNC(=O)c1cc(O)cc(C(F)(F)F)c1. The first-order chi connectivity index (χ1) is 8.34. The number of amides is 1. The molecule has 0 aliphatic carbocycles. The standard InChI is InChI=1S/C11H12F3NO3/c1-18-3-2-15-10(17)7-4-8(11(12,13)14)6-9(16)5-7/h4-6,16H,2-3H2,1H3,(H,15,17). The molecule has 0 aliphatic heterocycles. The number of alkyl halides is 3. The first-order valence-electron chi connectivity index (χ1n) is 5.03. The van der Waals surface area contributed by atoms with E-state index in [9.17, 15) is 23.1 Å². The van der Waals surface area contributed by atoms with Gasteiger partial charge in [-0.1, -0.05) is 0 Å². The van der Waals surface area contributed by atoms with Crippen LogP contribution in [0.25, 0.3) is 0 Å². The molecule has 0 saturated carbocycles. The Balaban J connectivity index is 2.89. The van der Waals surface area contributed by atoms with Gasteiger partial charge in [-0.05, 0) is 18.2 Å². The van der Waals surface area contributed by atoms with E-state index >= 15 is 0 Å². The van der Waals surface area contributed by atoms with Crippen LogP contribution in [0.2, 0.25) is 0 Å². The van der Waals surface area contributed by atoms with Gasteiger partial charge in [0.05, 0.1) is 12.2 Å². The summed E-state index contributed by atoms with van der Waals surface area (Å²) >= 11 is 0. The molecule has 1 aromatic carbocycles. The fourth-order valence-corrected chi connectivity index (χ4v) is 1.27. The number of hydrogen-bond donors (Lipinski definition) is 2. The number of nitrogens with one attached hydrogen (secondary N) is 1. The van der Waals surface area contributed by atoms with Gasteiger partial charge in [-0.2, -0.15) is 13.2 Å². The van der Waals surface area contributed by atoms with Gasteiger partial charge in [0, 0.05) is 19.2 Å². The number of carbonyl (C=O) groups is 1. The number of rotatable bonds is 4. The molecule has 0 spiro atoms. The number of phenolic OH excluding ortho intramolecular Hbond substituents is 1. The highest BCUT2D eigenvalue weighted by atomic mass is 19.4. The van der Waals surface area contributed by atoms with E-state index in [4.69, 9.17) is 0 Å². The van der Waals surface area contributed by atoms with Gasteiger partial charge in [-0.25, -0.2) is 0 Å². The molecule has 0 bridgehead atoms. The average Bonchev–Trinajstić information content (AvgIpc) is 2.27. The zero-order valence-electron chi connectivity index (χ0n) is 9.54. The molecular weight excluding hydrogens is 251 g/mol. The molecule has 0 heterocycles. The fourth-order valence-electron chi connectivity index (χ4n) is 1.27. The normalized spacial score (nSPS) is 11.3. The number of ether oxygens (including phenoxy) is 1. The number of aromatic hydroxyl groups is 1. The van der Waals surface area contributed by atoms with Crippen LogP contribution in [-0.2, 0) is 10.9 Å². The van der Waals surface area contributed by atoms with E-state index in [0.717, 1.165) is 6.07 Å². The molecule has 0 aromatic heterocycles. The molecule has 0 saturated heterocycles. The van der Waals surface area contributed by atoms with E-state index in [2.05, 4.69) is 10.1 Å². The Labute approximate surface area is 101 Å². The van der Waals surface area contributed by atoms with Crippen molar-refractivity contribution in [2.75, 3.05) is 20.3 Å². The van der Waals surface area contributed by atoms with Crippen molar-refractivity contribution >= 4 is 5.91 Å². The molecule has 0 aliphatic rings. The highest BCUT2D eigenvalue weighted by molar-refractivity contribution is 5.94. The summed E-state index contributed by atoms with van der Waals surface area (Å²) in [7, 11) is 1.43. The lowest BCUT2D eigenvalue weighted by molar-refractivity contribution is -0.137. The zero-order valence-corrected chi connectivity index (χ0v) is 9.54. The summed E-state index contributed by atoms with van der Waals surface area (Å²) in [6.45, 7) is 0.420. The molecule has 100 valence electrons. The first-order valence-corrected chi connectivity index (χ1v) is 5.03. The smallest absolute Gasteiger partial charge is 0.416 e. The second-order valence-electron chi connectivity index (χ2n) is 3.52. The Kier molecular flexibility index (Phi) is 4.55. The molecule has 1 rings (SSSR count). The average molecular weight is 263 g/mol. The van der Waals surface area contributed by atoms with Crippen LogP contribution in [0.4, 0.5) is 13.2 Å². The quantitative estimate of drug-likeness (QED) is 0.814. The van der Waals surface area contributed by atoms with Gasteiger partial charge in [0.2, 0.25) is 0 Å². The van der Waals surface area contributed by atoms with Crippen molar-refractivity contribution < 1.29 is 27.8 Å². The number of benzene rings is 1. The van der Waals surface area contributed by atoms with Gasteiger partial charge in [-0.3, -0.25) is 4.79 Å². The minimum absolute atomic E-state index is 0.173. The van der Waals surface area contributed by atoms with Gasteiger partial charge >= 0.3 is 6.18 Å². The van der Waals surface area contributed by atoms with Crippen molar-refractivity contribution in [3.8, 4) is 5.75 Å². The van der Waals surface area contributed by atoms with Crippen molar-refractivity contribution in [2.45, 2.75) is 6.18 Å². The Bertz CT molecular complexity index is 432. The van der Waals surface area contributed by atoms with Gasteiger partial charge in [0.1, 0.15) is 5.75 Å². The molecule has 18 heavy (non-hydrogen) atoms. The van der Waals surface area contributed by atoms with Gasteiger partial charge < -0.3 is 15.2 Å². The number of hydrogen-bond acceptors (Lipinski definition) is 3. The molecule has 7 heteroatoms. The Hall–Kier alpha value is -1.76. The molecule has 1 aromatic rings. The van der Waals surface area contributed by atoms with Gasteiger partial charge in [0.25, 0.3) is 5.91 Å². The maximum atomic E-state index is 12.5. The Morgan fingerprint density at radius 3 is 2.61 bits per heavy atom. The summed E-state index contributed by atoms with van der Waals surface area (Å²) in [6.07, 6.45) is -4.61. The summed E-state index contributed by atoms with van der Waals surface area (Å²) in [4.78, 5) is 11.5. The third kappa shape index (κ3) is 3.92. The summed E-state index contributed by atoms with van der Waals surface area (Å²) < 4.78 is 42.1. The van der Waals surface area contributed by atoms with E-state index in [-0.39, 0.29) is 18.7 Å². The van der Waals surface area contributed by atoms with E-state index in [1.165, 1.54) is 7.11 Å². The zero-order chi connectivity index (χ0) is 13.8. The third-order valence-corrected chi connectivity index (χ3v) is 2.10. The van der Waals surface area contributed by atoms with Crippen LogP contribution in [0.3, 0.4) is 0 Å². The van der Waals surface area contributed by atoms with Crippen LogP contribution in [0.1, 0.15) is 15.9 Å². The summed E-state index contributed by atoms with van der Waals surface area (Å²) in [5.41, 5.74) is -1.32. The second-order valence-corrected chi connectivity index (χ2v) is 3.52. The van der Waals surface area contributed by atoms with Crippen LogP contribution in [0.15, 0.2) is 18.2 Å². The predicted molar refractivity (Wildman–Crippen MR) is 57.3 cm³/mol. The first kappa shape index (κ1) is 14.3. The molecule has 2 N–H and O–H groups in total. The van der Waals surface area contributed by atoms with E-state index in [1.54, 1.807) is 0 Å². The molecule has 4 nitrogen and oxygen atoms in total. The predicted octanol–water partition coefficient (Wildman–Crippen LogP) is 1.79. The molecule has 0 fully saturated rings. The number of methoxy groups -OCH3 is 1. The summed E-state index contributed by atoms with van der Waals surface area (Å²) in [5, 5.41) is 11.5.